The van der Waals surface area contributed by atoms with Crippen molar-refractivity contribution in [2.75, 3.05) is 13.2 Å². The van der Waals surface area contributed by atoms with E-state index in [4.69, 9.17) is 107 Å². The number of ether oxygens (including phenoxy) is 14. The summed E-state index contributed by atoms with van der Waals surface area (Å²) in [4.78, 5) is 54.2. The molecule has 3 fully saturated rings. The summed E-state index contributed by atoms with van der Waals surface area (Å²) >= 11 is 18.6. The predicted molar refractivity (Wildman–Crippen MR) is 288 cm³/mol. The van der Waals surface area contributed by atoms with Crippen molar-refractivity contribution in [3.63, 3.8) is 0 Å². The zero-order valence-electron chi connectivity index (χ0n) is 44.8. The number of carbonyl (C=O) groups excluding carboxylic acids is 4. The fourth-order valence-corrected chi connectivity index (χ4v) is 9.40. The molecule has 0 bridgehead atoms. The van der Waals surface area contributed by atoms with E-state index in [0.717, 1.165) is 49.9 Å². The quantitative estimate of drug-likeness (QED) is 0.0101. The van der Waals surface area contributed by atoms with E-state index in [1.165, 1.54) is 0 Å². The van der Waals surface area contributed by atoms with E-state index < -0.39 is 139 Å². The van der Waals surface area contributed by atoms with Crippen LogP contribution in [0.1, 0.15) is 56.9 Å². The van der Waals surface area contributed by atoms with E-state index in [2.05, 4.69) is 10.0 Å². The van der Waals surface area contributed by atoms with Gasteiger partial charge in [-0.2, -0.15) is 0 Å². The molecule has 0 saturated carbocycles. The van der Waals surface area contributed by atoms with Gasteiger partial charge in [0, 0.05) is 32.6 Å². The van der Waals surface area contributed by atoms with Gasteiger partial charge in [0.1, 0.15) is 55.4 Å². The molecule has 7 rings (SSSR count). The van der Waals surface area contributed by atoms with Crippen LogP contribution in [0.15, 0.2) is 126 Å². The Balaban J connectivity index is 1.38. The highest BCUT2D eigenvalue weighted by molar-refractivity contribution is 6.76. The van der Waals surface area contributed by atoms with Crippen molar-refractivity contribution in [3.8, 4) is 0 Å². The third-order valence-corrected chi connectivity index (χ3v) is 13.3. The molecule has 3 saturated heterocycles. The maximum atomic E-state index is 13.1. The molecular weight excluding hydrogens is 1120 g/mol. The second kappa shape index (κ2) is 30.4. The number of esters is 4. The Bertz CT molecular complexity index is 2720. The molecular formula is C56H63Cl3N4O18. The average molecular weight is 1190 g/mol. The van der Waals surface area contributed by atoms with Gasteiger partial charge in [0.2, 0.25) is 12.2 Å². The summed E-state index contributed by atoms with van der Waals surface area (Å²) in [7, 11) is 0. The average Bonchev–Trinajstić information content (AvgIpc) is 3.57. The lowest BCUT2D eigenvalue weighted by molar-refractivity contribution is -0.375. The van der Waals surface area contributed by atoms with Crippen LogP contribution in [0.25, 0.3) is 10.4 Å². The first kappa shape index (κ1) is 62.6. The van der Waals surface area contributed by atoms with Gasteiger partial charge in [0.15, 0.2) is 30.9 Å². The number of rotatable bonds is 24. The van der Waals surface area contributed by atoms with Crippen LogP contribution in [0.5, 0.6) is 0 Å². The SMILES string of the molecule is CC(=O)OC[C@H]1O[C@@H](O[C@H]2[C@H](O[C@@H]3O[C@@H](C)[C@@H](OCc4ccccc4)[C@@H](OCc4ccccc4)[C@@H]3OCc3ccccc3)[C@@H](N=[N+]=[N-])[C@H](OC(=N)C(Cl)(Cl)Cl)O[C@@H]2COCc2ccccc2)[C@H](OC(C)=O)[C@@H](OC(C)=O)[C@H]1OC(C)=O. The molecule has 0 amide bonds. The highest BCUT2D eigenvalue weighted by Crippen LogP contribution is 2.40. The summed E-state index contributed by atoms with van der Waals surface area (Å²) in [5, 5.41) is 12.8. The molecule has 1 N–H and O–H groups in total. The number of alkyl halides is 3. The molecule has 25 heteroatoms. The second-order valence-corrected chi connectivity index (χ2v) is 21.2. The molecule has 3 aliphatic heterocycles. The minimum absolute atomic E-state index is 0.00325. The molecule has 0 aromatic heterocycles. The summed E-state index contributed by atoms with van der Waals surface area (Å²) in [6.07, 6.45) is -20.4. The molecule has 22 nitrogen and oxygen atoms in total. The van der Waals surface area contributed by atoms with Crippen LogP contribution in [-0.4, -0.2) is 139 Å². The van der Waals surface area contributed by atoms with Crippen LogP contribution < -0.4 is 0 Å². The van der Waals surface area contributed by atoms with Crippen LogP contribution >= 0.6 is 34.8 Å². The Kier molecular flexibility index (Phi) is 23.5. The minimum atomic E-state index is -2.47. The maximum Gasteiger partial charge on any atom is 0.303 e. The lowest BCUT2D eigenvalue weighted by Gasteiger charge is -2.51. The monoisotopic (exact) mass is 1180 g/mol. The van der Waals surface area contributed by atoms with Gasteiger partial charge in [-0.05, 0) is 34.7 Å². The Morgan fingerprint density at radius 3 is 1.44 bits per heavy atom. The summed E-state index contributed by atoms with van der Waals surface area (Å²) in [5.74, 6) is -4.41. The highest BCUT2D eigenvalue weighted by Gasteiger charge is 2.58. The predicted octanol–water partition coefficient (Wildman–Crippen LogP) is 8.33. The van der Waals surface area contributed by atoms with Crippen molar-refractivity contribution >= 4 is 64.6 Å². The van der Waals surface area contributed by atoms with E-state index in [1.807, 2.05) is 121 Å². The van der Waals surface area contributed by atoms with Gasteiger partial charge in [-0.1, -0.05) is 161 Å². The molecule has 81 heavy (non-hydrogen) atoms. The maximum absolute atomic E-state index is 13.1. The lowest BCUT2D eigenvalue weighted by Crippen LogP contribution is -2.68. The normalized spacial score (nSPS) is 28.3. The standard InChI is InChI=1S/C56H63Cl3N4O18/c1-32-44(70-27-38-20-12-7-13-21-38)48(71-28-39-22-14-8-15-23-39)50(72-29-40-24-16-9-17-25-40)53(73-32)80-47-43(62-63-61)52(81-55(60)56(57,58)59)77-41(30-68-26-37-18-10-6-11-19-37)45(47)79-54-51(76-36(5)67)49(75-35(4)66)46(74-34(3)65)42(78-54)31-69-33(2)64/h6-25,32,41-54,60H,26-31H2,1-5H3/t32-,41+,42+,43+,44+,45+,46-,47+,48+,49-,50-,51+,52-,53-,54-/m0/s1. The molecule has 4 aromatic carbocycles. The van der Waals surface area contributed by atoms with Gasteiger partial charge in [0.05, 0.1) is 39.1 Å². The zero-order valence-corrected chi connectivity index (χ0v) is 47.0. The summed E-state index contributed by atoms with van der Waals surface area (Å²) in [6, 6.07) is 35.5. The van der Waals surface area contributed by atoms with Gasteiger partial charge < -0.3 is 66.3 Å². The van der Waals surface area contributed by atoms with Crippen LogP contribution in [0.2, 0.25) is 0 Å². The van der Waals surface area contributed by atoms with Gasteiger partial charge in [-0.3, -0.25) is 24.6 Å². The first-order valence-electron chi connectivity index (χ1n) is 25.8. The van der Waals surface area contributed by atoms with Crippen molar-refractivity contribution in [1.82, 2.24) is 0 Å². The number of benzene rings is 4. The van der Waals surface area contributed by atoms with E-state index in [0.29, 0.717) is 0 Å². The number of hydrogen-bond acceptors (Lipinski definition) is 20. The summed E-state index contributed by atoms with van der Waals surface area (Å²) in [5.41, 5.74) is 13.6. The van der Waals surface area contributed by atoms with Crippen molar-refractivity contribution in [2.45, 2.75) is 157 Å². The molecule has 4 aromatic rings. The zero-order chi connectivity index (χ0) is 58.1. The Hall–Kier alpha value is -5.95. The lowest BCUT2D eigenvalue weighted by atomic mass is 9.94. The van der Waals surface area contributed by atoms with Crippen LogP contribution in [0, 0.1) is 5.41 Å². The summed E-state index contributed by atoms with van der Waals surface area (Å²) < 4.78 is 86.5. The number of azide groups is 1. The molecule has 3 heterocycles. The molecule has 436 valence electrons. The van der Waals surface area contributed by atoms with Crippen molar-refractivity contribution in [2.24, 2.45) is 5.11 Å². The summed E-state index contributed by atoms with van der Waals surface area (Å²) in [6.45, 7) is 5.28. The fraction of sp³-hybridized carbons (Fsp3) is 0.482. The van der Waals surface area contributed by atoms with Crippen molar-refractivity contribution in [3.05, 3.63) is 154 Å². The number of carbonyl (C=O) groups is 4. The van der Waals surface area contributed by atoms with Crippen LogP contribution in [0.3, 0.4) is 0 Å². The van der Waals surface area contributed by atoms with Crippen molar-refractivity contribution in [1.29, 1.82) is 5.41 Å². The molecule has 0 unspecified atom stereocenters. The largest absolute Gasteiger partial charge is 0.463 e. The first-order valence-corrected chi connectivity index (χ1v) is 26.9. The number of nitrogens with one attached hydrogen (secondary N) is 1. The number of halogens is 3. The highest BCUT2D eigenvalue weighted by atomic mass is 35.6. The van der Waals surface area contributed by atoms with Gasteiger partial charge >= 0.3 is 23.9 Å². The van der Waals surface area contributed by atoms with E-state index in [1.54, 1.807) is 6.92 Å². The van der Waals surface area contributed by atoms with E-state index in [9.17, 15) is 24.7 Å². The van der Waals surface area contributed by atoms with Crippen LogP contribution in [-0.2, 0) is 112 Å². The van der Waals surface area contributed by atoms with Crippen molar-refractivity contribution < 1.29 is 85.5 Å². The topological polar surface area (TPSA) is 270 Å². The minimum Gasteiger partial charge on any atom is -0.463 e. The van der Waals surface area contributed by atoms with Crippen LogP contribution in [0.4, 0.5) is 0 Å². The third-order valence-electron chi connectivity index (χ3n) is 12.8. The molecule has 3 aliphatic rings. The fourth-order valence-electron chi connectivity index (χ4n) is 9.26. The first-order chi connectivity index (χ1) is 38.9. The molecule has 0 aliphatic carbocycles. The molecule has 15 atom stereocenters. The van der Waals surface area contributed by atoms with Gasteiger partial charge in [-0.25, -0.2) is 0 Å². The number of nitrogens with zero attached hydrogens (tertiary/aromatic N) is 3. The third kappa shape index (κ3) is 18.3. The Morgan fingerprint density at radius 1 is 0.519 bits per heavy atom. The smallest absolute Gasteiger partial charge is 0.303 e. The Morgan fingerprint density at radius 2 is 0.951 bits per heavy atom. The molecule has 0 radical (unpaired) electrons. The molecule has 0 spiro atoms. The van der Waals surface area contributed by atoms with E-state index >= 15 is 0 Å². The second-order valence-electron chi connectivity index (χ2n) is 18.9. The van der Waals surface area contributed by atoms with E-state index in [-0.39, 0.29) is 26.4 Å². The van der Waals surface area contributed by atoms with Gasteiger partial charge in [-0.15, -0.1) is 0 Å². The Labute approximate surface area is 482 Å². The van der Waals surface area contributed by atoms with Gasteiger partial charge in [0.25, 0.3) is 3.79 Å². The number of hydrogen-bond donors (Lipinski definition) is 1.